The Morgan fingerprint density at radius 1 is 1.35 bits per heavy atom. The van der Waals surface area contributed by atoms with Crippen molar-refractivity contribution in [2.45, 2.75) is 19.8 Å². The largest absolute Gasteiger partial charge is 0.481 e. The van der Waals surface area contributed by atoms with Gasteiger partial charge >= 0.3 is 5.97 Å². The molecule has 2 aromatic rings. The van der Waals surface area contributed by atoms with Crippen LogP contribution in [0.1, 0.15) is 28.8 Å². The summed E-state index contributed by atoms with van der Waals surface area (Å²) in [6.07, 6.45) is 4.41. The van der Waals surface area contributed by atoms with Crippen LogP contribution in [0.4, 0.5) is 0 Å². The molecule has 1 N–H and O–H groups in total. The monoisotopic (exact) mass is 314 g/mol. The van der Waals surface area contributed by atoms with E-state index in [0.717, 1.165) is 17.7 Å². The highest BCUT2D eigenvalue weighted by Crippen LogP contribution is 2.21. The number of rotatable bonds is 3. The van der Waals surface area contributed by atoms with Crippen LogP contribution in [0.3, 0.4) is 0 Å². The Morgan fingerprint density at radius 3 is 2.83 bits per heavy atom. The third-order valence-electron chi connectivity index (χ3n) is 4.17. The van der Waals surface area contributed by atoms with E-state index in [4.69, 9.17) is 5.11 Å². The molecule has 0 radical (unpaired) electrons. The number of hydrogen-bond acceptors (Lipinski definition) is 4. The first kappa shape index (κ1) is 15.2. The molecule has 0 bridgehead atoms. The number of hydrogen-bond donors (Lipinski definition) is 1. The van der Waals surface area contributed by atoms with Crippen LogP contribution in [-0.2, 0) is 4.79 Å². The number of likely N-dealkylation sites (tertiary alicyclic amines) is 1. The van der Waals surface area contributed by atoms with Crippen LogP contribution in [0.2, 0.25) is 0 Å². The number of aryl methyl sites for hydroxylation is 1. The number of carboxylic acid groups (broad SMARTS) is 1. The number of carbonyl (C=O) groups excluding carboxylic acids is 1. The Balaban J connectivity index is 1.80. The zero-order valence-electron chi connectivity index (χ0n) is 12.8. The molecule has 1 aromatic carbocycles. The number of carboxylic acids is 1. The number of aliphatic carboxylic acids is 1. The fourth-order valence-corrected chi connectivity index (χ4v) is 2.92. The lowest BCUT2D eigenvalue weighted by atomic mass is 9.97. The Bertz CT molecular complexity index is 727. The molecule has 0 aliphatic carbocycles. The molecule has 1 unspecified atom stereocenters. The average Bonchev–Trinajstić information content (AvgIpc) is 3.08. The predicted molar refractivity (Wildman–Crippen MR) is 82.4 cm³/mol. The van der Waals surface area contributed by atoms with E-state index in [-0.39, 0.29) is 12.5 Å². The Hall–Kier alpha value is -2.70. The molecule has 2 heterocycles. The quantitative estimate of drug-likeness (QED) is 0.928. The summed E-state index contributed by atoms with van der Waals surface area (Å²) in [5.74, 6) is -1.42. The SMILES string of the molecule is Cc1cc(C(=O)N2CCCC(C(=O)O)C2)ccc1-n1cncn1. The third-order valence-corrected chi connectivity index (χ3v) is 4.17. The summed E-state index contributed by atoms with van der Waals surface area (Å²) in [4.78, 5) is 29.3. The maximum absolute atomic E-state index is 12.6. The van der Waals surface area contributed by atoms with Gasteiger partial charge in [-0.3, -0.25) is 9.59 Å². The Labute approximate surface area is 133 Å². The van der Waals surface area contributed by atoms with Gasteiger partial charge in [0.25, 0.3) is 5.91 Å². The highest BCUT2D eigenvalue weighted by Gasteiger charge is 2.28. The van der Waals surface area contributed by atoms with Gasteiger partial charge in [-0.2, -0.15) is 5.10 Å². The van der Waals surface area contributed by atoms with Gasteiger partial charge in [-0.15, -0.1) is 0 Å². The highest BCUT2D eigenvalue weighted by atomic mass is 16.4. The van der Waals surface area contributed by atoms with Crippen LogP contribution in [0.15, 0.2) is 30.9 Å². The third kappa shape index (κ3) is 3.08. The number of benzene rings is 1. The summed E-state index contributed by atoms with van der Waals surface area (Å²) in [6.45, 7) is 2.79. The second-order valence-electron chi connectivity index (χ2n) is 5.77. The number of carbonyl (C=O) groups is 2. The van der Waals surface area contributed by atoms with Crippen molar-refractivity contribution < 1.29 is 14.7 Å². The molecule has 7 nitrogen and oxygen atoms in total. The van der Waals surface area contributed by atoms with Crippen molar-refractivity contribution in [3.8, 4) is 5.69 Å². The van der Waals surface area contributed by atoms with Gasteiger partial charge in [0.05, 0.1) is 11.6 Å². The summed E-state index contributed by atoms with van der Waals surface area (Å²) in [7, 11) is 0. The van der Waals surface area contributed by atoms with E-state index in [2.05, 4.69) is 10.1 Å². The molecular weight excluding hydrogens is 296 g/mol. The fraction of sp³-hybridized carbons (Fsp3) is 0.375. The van der Waals surface area contributed by atoms with E-state index in [9.17, 15) is 9.59 Å². The minimum absolute atomic E-state index is 0.121. The molecule has 1 aliphatic rings. The highest BCUT2D eigenvalue weighted by molar-refractivity contribution is 5.95. The van der Waals surface area contributed by atoms with E-state index in [0.29, 0.717) is 18.5 Å². The number of amides is 1. The lowest BCUT2D eigenvalue weighted by Gasteiger charge is -2.30. The second kappa shape index (κ2) is 6.20. The van der Waals surface area contributed by atoms with Crippen molar-refractivity contribution in [1.29, 1.82) is 0 Å². The van der Waals surface area contributed by atoms with Gasteiger partial charge in [-0.1, -0.05) is 0 Å². The van der Waals surface area contributed by atoms with E-state index in [1.165, 1.54) is 6.33 Å². The molecule has 1 aliphatic heterocycles. The molecule has 1 fully saturated rings. The Kier molecular flexibility index (Phi) is 4.10. The Morgan fingerprint density at radius 2 is 2.17 bits per heavy atom. The van der Waals surface area contributed by atoms with Crippen molar-refractivity contribution in [1.82, 2.24) is 19.7 Å². The summed E-state index contributed by atoms with van der Waals surface area (Å²) in [5.41, 5.74) is 2.34. The van der Waals surface area contributed by atoms with E-state index >= 15 is 0 Å². The molecule has 1 amide bonds. The van der Waals surface area contributed by atoms with Crippen molar-refractivity contribution in [3.63, 3.8) is 0 Å². The van der Waals surface area contributed by atoms with Crippen LogP contribution < -0.4 is 0 Å². The number of aromatic nitrogens is 3. The van der Waals surface area contributed by atoms with Gasteiger partial charge in [-0.05, 0) is 43.5 Å². The number of piperidine rings is 1. The molecule has 1 atom stereocenters. The van der Waals surface area contributed by atoms with Gasteiger partial charge in [0.15, 0.2) is 0 Å². The van der Waals surface area contributed by atoms with Crippen LogP contribution in [0, 0.1) is 12.8 Å². The zero-order chi connectivity index (χ0) is 16.4. The molecule has 120 valence electrons. The van der Waals surface area contributed by atoms with Crippen LogP contribution >= 0.6 is 0 Å². The van der Waals surface area contributed by atoms with Crippen LogP contribution in [0.5, 0.6) is 0 Å². The summed E-state index contributed by atoms with van der Waals surface area (Å²) < 4.78 is 1.64. The van der Waals surface area contributed by atoms with Crippen molar-refractivity contribution in [2.24, 2.45) is 5.92 Å². The zero-order valence-corrected chi connectivity index (χ0v) is 12.8. The van der Waals surface area contributed by atoms with Crippen molar-refractivity contribution >= 4 is 11.9 Å². The summed E-state index contributed by atoms with van der Waals surface area (Å²) >= 11 is 0. The van der Waals surface area contributed by atoms with Gasteiger partial charge in [0.2, 0.25) is 0 Å². The molecule has 23 heavy (non-hydrogen) atoms. The molecule has 0 spiro atoms. The predicted octanol–water partition coefficient (Wildman–Crippen LogP) is 1.51. The first-order valence-electron chi connectivity index (χ1n) is 7.54. The minimum atomic E-state index is -0.833. The average molecular weight is 314 g/mol. The topological polar surface area (TPSA) is 88.3 Å². The van der Waals surface area contributed by atoms with Crippen molar-refractivity contribution in [3.05, 3.63) is 42.0 Å². The second-order valence-corrected chi connectivity index (χ2v) is 5.77. The maximum Gasteiger partial charge on any atom is 0.308 e. The molecule has 3 rings (SSSR count). The first-order chi connectivity index (χ1) is 11.1. The fourth-order valence-electron chi connectivity index (χ4n) is 2.92. The first-order valence-corrected chi connectivity index (χ1v) is 7.54. The molecule has 7 heteroatoms. The van der Waals surface area contributed by atoms with Gasteiger partial charge in [-0.25, -0.2) is 9.67 Å². The van der Waals surface area contributed by atoms with Gasteiger partial charge in [0, 0.05) is 18.7 Å². The number of nitrogens with zero attached hydrogens (tertiary/aromatic N) is 4. The molecule has 1 aromatic heterocycles. The molecule has 0 saturated carbocycles. The lowest BCUT2D eigenvalue weighted by molar-refractivity contribution is -0.143. The van der Waals surface area contributed by atoms with Gasteiger partial charge < -0.3 is 10.0 Å². The van der Waals surface area contributed by atoms with E-state index in [1.807, 2.05) is 19.1 Å². The lowest BCUT2D eigenvalue weighted by Crippen LogP contribution is -2.42. The smallest absolute Gasteiger partial charge is 0.308 e. The minimum Gasteiger partial charge on any atom is -0.481 e. The summed E-state index contributed by atoms with van der Waals surface area (Å²) in [5, 5.41) is 13.2. The van der Waals surface area contributed by atoms with E-state index < -0.39 is 11.9 Å². The van der Waals surface area contributed by atoms with Crippen LogP contribution in [0.25, 0.3) is 5.69 Å². The molecular formula is C16H18N4O3. The van der Waals surface area contributed by atoms with Crippen LogP contribution in [-0.4, -0.2) is 49.7 Å². The normalized spacial score (nSPS) is 18.0. The van der Waals surface area contributed by atoms with Gasteiger partial charge in [0.1, 0.15) is 12.7 Å². The standard InChI is InChI=1S/C16H18N4O3/c1-11-7-12(4-5-14(11)20-10-17-9-18-20)15(21)19-6-2-3-13(8-19)16(22)23/h4-5,7,9-10,13H,2-3,6,8H2,1H3,(H,22,23). The molecule has 1 saturated heterocycles. The van der Waals surface area contributed by atoms with Crippen molar-refractivity contribution in [2.75, 3.05) is 13.1 Å². The summed E-state index contributed by atoms with van der Waals surface area (Å²) in [6, 6.07) is 5.39. The maximum atomic E-state index is 12.6. The van der Waals surface area contributed by atoms with E-state index in [1.54, 1.807) is 22.0 Å².